The zero-order valence-electron chi connectivity index (χ0n) is 12.4. The summed E-state index contributed by atoms with van der Waals surface area (Å²) < 4.78 is 0. The molecule has 0 saturated carbocycles. The number of pyridine rings is 1. The van der Waals surface area contributed by atoms with E-state index in [9.17, 15) is 4.79 Å². The van der Waals surface area contributed by atoms with Gasteiger partial charge in [-0.25, -0.2) is 4.98 Å². The van der Waals surface area contributed by atoms with Gasteiger partial charge in [-0.2, -0.15) is 0 Å². The third-order valence-corrected chi connectivity index (χ3v) is 3.78. The van der Waals surface area contributed by atoms with E-state index < -0.39 is 0 Å². The number of nitrogens with one attached hydrogen (secondary N) is 1. The van der Waals surface area contributed by atoms with E-state index in [0.717, 1.165) is 12.8 Å². The Kier molecular flexibility index (Phi) is 6.43. The van der Waals surface area contributed by atoms with Crippen LogP contribution in [0.5, 0.6) is 0 Å². The van der Waals surface area contributed by atoms with Crippen LogP contribution in [0, 0.1) is 11.3 Å². The van der Waals surface area contributed by atoms with Gasteiger partial charge in [0.2, 0.25) is 5.91 Å². The van der Waals surface area contributed by atoms with Crippen LogP contribution in [0.3, 0.4) is 0 Å². The molecule has 0 bridgehead atoms. The number of aromatic nitrogens is 1. The summed E-state index contributed by atoms with van der Waals surface area (Å²) in [6.07, 6.45) is 3.81. The molecule has 0 saturated heterocycles. The lowest BCUT2D eigenvalue weighted by Crippen LogP contribution is -2.25. The van der Waals surface area contributed by atoms with E-state index in [0.29, 0.717) is 29.7 Å². The molecule has 0 fully saturated rings. The molecule has 112 valence electrons. The predicted molar refractivity (Wildman–Crippen MR) is 83.7 cm³/mol. The summed E-state index contributed by atoms with van der Waals surface area (Å²) in [6.45, 7) is 7.19. The van der Waals surface area contributed by atoms with Crippen molar-refractivity contribution < 1.29 is 4.79 Å². The molecule has 1 amide bonds. The van der Waals surface area contributed by atoms with Gasteiger partial charge in [0.25, 0.3) is 0 Å². The lowest BCUT2D eigenvalue weighted by atomic mass is 9.76. The molecule has 20 heavy (non-hydrogen) atoms. The first kappa shape index (κ1) is 16.9. The number of anilines is 1. The smallest absolute Gasteiger partial charge is 0.225 e. The second-order valence-corrected chi connectivity index (χ2v) is 6.47. The van der Waals surface area contributed by atoms with Crippen molar-refractivity contribution in [3.05, 3.63) is 23.4 Å². The number of amides is 1. The van der Waals surface area contributed by atoms with E-state index in [2.05, 4.69) is 31.1 Å². The highest BCUT2D eigenvalue weighted by Gasteiger charge is 2.24. The van der Waals surface area contributed by atoms with Crippen molar-refractivity contribution >= 4 is 23.3 Å². The third kappa shape index (κ3) is 5.47. The molecular weight excluding hydrogens is 274 g/mol. The van der Waals surface area contributed by atoms with Crippen LogP contribution in [0.25, 0.3) is 0 Å². The Morgan fingerprint density at radius 1 is 1.45 bits per heavy atom. The van der Waals surface area contributed by atoms with Gasteiger partial charge in [0, 0.05) is 12.6 Å². The number of nitrogens with zero attached hydrogens (tertiary/aromatic N) is 1. The first-order chi connectivity index (χ1) is 9.34. The molecule has 1 rings (SSSR count). The van der Waals surface area contributed by atoms with Gasteiger partial charge in [-0.3, -0.25) is 4.79 Å². The van der Waals surface area contributed by atoms with Gasteiger partial charge < -0.3 is 11.1 Å². The molecule has 1 heterocycles. The number of hydrogen-bond acceptors (Lipinski definition) is 3. The van der Waals surface area contributed by atoms with Crippen molar-refractivity contribution in [1.82, 2.24) is 4.98 Å². The van der Waals surface area contributed by atoms with E-state index in [1.54, 1.807) is 18.3 Å². The van der Waals surface area contributed by atoms with Crippen LogP contribution in [0.15, 0.2) is 18.3 Å². The molecule has 1 aromatic rings. The van der Waals surface area contributed by atoms with Crippen LogP contribution in [-0.4, -0.2) is 17.4 Å². The van der Waals surface area contributed by atoms with Gasteiger partial charge in [-0.1, -0.05) is 32.4 Å². The summed E-state index contributed by atoms with van der Waals surface area (Å²) in [6, 6.07) is 3.44. The number of halogens is 1. The topological polar surface area (TPSA) is 68.0 Å². The minimum atomic E-state index is -0.0585. The third-order valence-electron chi connectivity index (χ3n) is 3.48. The second kappa shape index (κ2) is 7.60. The maximum absolute atomic E-state index is 12.0. The summed E-state index contributed by atoms with van der Waals surface area (Å²) in [4.78, 5) is 16.0. The highest BCUT2D eigenvalue weighted by molar-refractivity contribution is 6.33. The molecule has 3 N–H and O–H groups in total. The van der Waals surface area contributed by atoms with E-state index in [4.69, 9.17) is 17.3 Å². The normalized spacial score (nSPS) is 13.1. The van der Waals surface area contributed by atoms with E-state index in [1.807, 2.05) is 0 Å². The summed E-state index contributed by atoms with van der Waals surface area (Å²) in [7, 11) is 0. The fourth-order valence-electron chi connectivity index (χ4n) is 2.19. The van der Waals surface area contributed by atoms with Crippen molar-refractivity contribution in [2.45, 2.75) is 40.0 Å². The Morgan fingerprint density at radius 3 is 2.70 bits per heavy atom. The van der Waals surface area contributed by atoms with Gasteiger partial charge in [-0.15, -0.1) is 0 Å². The van der Waals surface area contributed by atoms with Crippen molar-refractivity contribution in [2.75, 3.05) is 11.9 Å². The quantitative estimate of drug-likeness (QED) is 0.845. The molecule has 5 heteroatoms. The van der Waals surface area contributed by atoms with Crippen molar-refractivity contribution in [3.8, 4) is 0 Å². The van der Waals surface area contributed by atoms with Crippen LogP contribution in [0.1, 0.15) is 40.0 Å². The predicted octanol–water partition coefficient (Wildman–Crippen LogP) is 3.46. The number of rotatable bonds is 6. The summed E-state index contributed by atoms with van der Waals surface area (Å²) in [5.41, 5.74) is 5.80. The second-order valence-electron chi connectivity index (χ2n) is 6.06. The molecule has 0 radical (unpaired) electrons. The monoisotopic (exact) mass is 297 g/mol. The van der Waals surface area contributed by atoms with Crippen LogP contribution in [0.4, 0.5) is 5.82 Å². The Hall–Kier alpha value is -1.13. The zero-order valence-corrected chi connectivity index (χ0v) is 13.2. The Morgan fingerprint density at radius 2 is 2.15 bits per heavy atom. The minimum absolute atomic E-state index is 0.0585. The fraction of sp³-hybridized carbons (Fsp3) is 0.600. The Bertz CT molecular complexity index is 443. The standard InChI is InChI=1S/C15H24ClN3O/c1-15(2,3)11(8-9-17)6-7-13(20)19-14-12(16)5-4-10-18-14/h4-5,10-11H,6-9,17H2,1-3H3,(H,18,19,20). The largest absolute Gasteiger partial charge is 0.330 e. The highest BCUT2D eigenvalue weighted by Crippen LogP contribution is 2.32. The summed E-state index contributed by atoms with van der Waals surface area (Å²) in [5, 5.41) is 3.20. The number of hydrogen-bond donors (Lipinski definition) is 2. The maximum atomic E-state index is 12.0. The van der Waals surface area contributed by atoms with Gasteiger partial charge in [0.1, 0.15) is 0 Å². The Labute approximate surface area is 126 Å². The number of carbonyl (C=O) groups excluding carboxylic acids is 1. The molecule has 1 atom stereocenters. The molecular formula is C15H24ClN3O. The van der Waals surface area contributed by atoms with Crippen LogP contribution in [0.2, 0.25) is 5.02 Å². The highest BCUT2D eigenvalue weighted by atomic mass is 35.5. The van der Waals surface area contributed by atoms with Gasteiger partial charge in [-0.05, 0) is 42.9 Å². The van der Waals surface area contributed by atoms with E-state index in [1.165, 1.54) is 0 Å². The Balaban J connectivity index is 2.52. The maximum Gasteiger partial charge on any atom is 0.225 e. The molecule has 0 aliphatic heterocycles. The van der Waals surface area contributed by atoms with Crippen LogP contribution < -0.4 is 11.1 Å². The van der Waals surface area contributed by atoms with E-state index >= 15 is 0 Å². The SMILES string of the molecule is CC(C)(C)C(CCN)CCC(=O)Nc1ncccc1Cl. The first-order valence-corrected chi connectivity index (χ1v) is 7.33. The molecule has 0 aliphatic carbocycles. The van der Waals surface area contributed by atoms with Gasteiger partial charge >= 0.3 is 0 Å². The average Bonchev–Trinajstić information content (AvgIpc) is 2.36. The molecule has 1 unspecified atom stereocenters. The number of nitrogens with two attached hydrogens (primary N) is 1. The van der Waals surface area contributed by atoms with E-state index in [-0.39, 0.29) is 11.3 Å². The average molecular weight is 298 g/mol. The van der Waals surface area contributed by atoms with Gasteiger partial charge in [0.15, 0.2) is 5.82 Å². The van der Waals surface area contributed by atoms with Crippen LogP contribution >= 0.6 is 11.6 Å². The minimum Gasteiger partial charge on any atom is -0.330 e. The molecule has 1 aromatic heterocycles. The molecule has 0 spiro atoms. The number of carbonyl (C=O) groups is 1. The fourth-order valence-corrected chi connectivity index (χ4v) is 2.36. The summed E-state index contributed by atoms with van der Waals surface area (Å²) >= 11 is 5.96. The zero-order chi connectivity index (χ0) is 15.2. The van der Waals surface area contributed by atoms with Gasteiger partial charge in [0.05, 0.1) is 5.02 Å². The lowest BCUT2D eigenvalue weighted by molar-refractivity contribution is -0.116. The van der Waals surface area contributed by atoms with Crippen molar-refractivity contribution in [3.63, 3.8) is 0 Å². The molecule has 4 nitrogen and oxygen atoms in total. The molecule has 0 aliphatic rings. The first-order valence-electron chi connectivity index (χ1n) is 6.95. The van der Waals surface area contributed by atoms with Crippen LogP contribution in [-0.2, 0) is 4.79 Å². The molecule has 0 aromatic carbocycles. The summed E-state index contributed by atoms with van der Waals surface area (Å²) in [5.74, 6) is 0.791. The lowest BCUT2D eigenvalue weighted by Gasteiger charge is -2.30. The van der Waals surface area contributed by atoms with Crippen molar-refractivity contribution in [2.24, 2.45) is 17.1 Å². The van der Waals surface area contributed by atoms with Crippen molar-refractivity contribution in [1.29, 1.82) is 0 Å².